The van der Waals surface area contributed by atoms with Crippen LogP contribution in [0.4, 0.5) is 13.2 Å². The lowest BCUT2D eigenvalue weighted by atomic mass is 10.1. The molecule has 0 unspecified atom stereocenters. The van der Waals surface area contributed by atoms with Gasteiger partial charge in [0.2, 0.25) is 0 Å². The fourth-order valence-electron chi connectivity index (χ4n) is 2.88. The Morgan fingerprint density at radius 3 is 2.52 bits per heavy atom. The van der Waals surface area contributed by atoms with Gasteiger partial charge in [-0.1, -0.05) is 12.1 Å². The fraction of sp³-hybridized carbons (Fsp3) is 0.412. The number of aryl methyl sites for hydroxylation is 1. The molecule has 2 heterocycles. The largest absolute Gasteiger partial charge is 0.416 e. The lowest BCUT2D eigenvalue weighted by Gasteiger charge is -2.08. The number of nitrogens with one attached hydrogen (secondary N) is 1. The molecule has 0 saturated carbocycles. The summed E-state index contributed by atoms with van der Waals surface area (Å²) < 4.78 is 60.9. The molecular weight excluding hydrogens is 401 g/mol. The van der Waals surface area contributed by atoms with Crippen molar-refractivity contribution < 1.29 is 26.4 Å². The third kappa shape index (κ3) is 4.67. The zero-order valence-electron chi connectivity index (χ0n) is 14.3. The number of nitrogens with zero attached hydrogens (tertiary/aromatic N) is 1. The normalized spacial score (nSPS) is 19.2. The number of alkyl halides is 3. The van der Waals surface area contributed by atoms with Crippen molar-refractivity contribution in [3.63, 3.8) is 0 Å². The molecule has 0 radical (unpaired) electrons. The topological polar surface area (TPSA) is 76.1 Å². The SMILES string of the molecule is Cc1nc(-c2ccc(C(F)(F)F)cc2)sc1C(=O)NC[C@H]1CCS(=O)(=O)C1. The molecule has 1 aromatic heterocycles. The summed E-state index contributed by atoms with van der Waals surface area (Å²) in [6.45, 7) is 1.92. The number of rotatable bonds is 4. The number of halogens is 3. The molecule has 0 aliphatic carbocycles. The summed E-state index contributed by atoms with van der Waals surface area (Å²) >= 11 is 1.09. The molecule has 3 rings (SSSR count). The van der Waals surface area contributed by atoms with Gasteiger partial charge in [0.1, 0.15) is 9.88 Å². The summed E-state index contributed by atoms with van der Waals surface area (Å²) in [5.41, 5.74) is 0.229. The first kappa shape index (κ1) is 19.8. The van der Waals surface area contributed by atoms with Gasteiger partial charge in [0.15, 0.2) is 9.84 Å². The Labute approximate surface area is 158 Å². The zero-order valence-corrected chi connectivity index (χ0v) is 16.0. The number of aromatic nitrogens is 1. The molecule has 10 heteroatoms. The molecule has 1 atom stereocenters. The van der Waals surface area contributed by atoms with Crippen molar-refractivity contribution in [3.8, 4) is 10.6 Å². The number of thiazole rings is 1. The van der Waals surface area contributed by atoms with Gasteiger partial charge >= 0.3 is 6.18 Å². The maximum atomic E-state index is 12.7. The van der Waals surface area contributed by atoms with Crippen LogP contribution in [-0.2, 0) is 16.0 Å². The highest BCUT2D eigenvalue weighted by Crippen LogP contribution is 2.33. The quantitative estimate of drug-likeness (QED) is 0.827. The predicted octanol–water partition coefficient (Wildman–Crippen LogP) is 3.30. The highest BCUT2D eigenvalue weighted by Gasteiger charge is 2.30. The van der Waals surface area contributed by atoms with Crippen LogP contribution in [0.2, 0.25) is 0 Å². The minimum atomic E-state index is -4.41. The highest BCUT2D eigenvalue weighted by atomic mass is 32.2. The van der Waals surface area contributed by atoms with Crippen LogP contribution in [0.5, 0.6) is 0 Å². The van der Waals surface area contributed by atoms with E-state index in [1.54, 1.807) is 6.92 Å². The number of hydrogen-bond donors (Lipinski definition) is 1. The van der Waals surface area contributed by atoms with Gasteiger partial charge in [-0.3, -0.25) is 4.79 Å². The van der Waals surface area contributed by atoms with Crippen LogP contribution in [0.3, 0.4) is 0 Å². The molecule has 1 aliphatic rings. The van der Waals surface area contributed by atoms with Crippen LogP contribution in [0.25, 0.3) is 10.6 Å². The molecule has 146 valence electrons. The summed E-state index contributed by atoms with van der Waals surface area (Å²) in [5, 5.41) is 3.19. The van der Waals surface area contributed by atoms with Crippen LogP contribution in [0, 0.1) is 12.8 Å². The van der Waals surface area contributed by atoms with E-state index in [2.05, 4.69) is 10.3 Å². The number of benzene rings is 1. The van der Waals surface area contributed by atoms with Crippen LogP contribution < -0.4 is 5.32 Å². The lowest BCUT2D eigenvalue weighted by Crippen LogP contribution is -2.29. The lowest BCUT2D eigenvalue weighted by molar-refractivity contribution is -0.137. The second-order valence-electron chi connectivity index (χ2n) is 6.49. The second kappa shape index (κ2) is 7.23. The van der Waals surface area contributed by atoms with E-state index in [0.29, 0.717) is 27.6 Å². The number of amides is 1. The van der Waals surface area contributed by atoms with Crippen molar-refractivity contribution in [2.24, 2.45) is 5.92 Å². The standard InChI is InChI=1S/C17H17F3N2O3S2/c1-10-14(15(23)21-8-11-6-7-27(24,25)9-11)26-16(22-10)12-2-4-13(5-3-12)17(18,19)20/h2-5,11H,6-9H2,1H3,(H,21,23)/t11-/m1/s1. The molecule has 1 saturated heterocycles. The average molecular weight is 418 g/mol. The Balaban J connectivity index is 1.69. The van der Waals surface area contributed by atoms with E-state index in [4.69, 9.17) is 0 Å². The number of sulfone groups is 1. The Kier molecular flexibility index (Phi) is 5.31. The molecule has 1 aromatic carbocycles. The fourth-order valence-corrected chi connectivity index (χ4v) is 5.73. The Morgan fingerprint density at radius 1 is 1.30 bits per heavy atom. The van der Waals surface area contributed by atoms with E-state index in [1.807, 2.05) is 0 Å². The Bertz CT molecular complexity index is 951. The van der Waals surface area contributed by atoms with Crippen molar-refractivity contribution in [1.29, 1.82) is 0 Å². The molecule has 27 heavy (non-hydrogen) atoms. The molecule has 2 aromatic rings. The van der Waals surface area contributed by atoms with Gasteiger partial charge in [-0.15, -0.1) is 11.3 Å². The predicted molar refractivity (Wildman–Crippen MR) is 96.4 cm³/mol. The van der Waals surface area contributed by atoms with Crippen molar-refractivity contribution in [3.05, 3.63) is 40.4 Å². The van der Waals surface area contributed by atoms with Crippen LogP contribution >= 0.6 is 11.3 Å². The number of carbonyl (C=O) groups is 1. The van der Waals surface area contributed by atoms with Crippen LogP contribution in [0.1, 0.15) is 27.3 Å². The third-order valence-electron chi connectivity index (χ3n) is 4.34. The second-order valence-corrected chi connectivity index (χ2v) is 9.72. The average Bonchev–Trinajstić information content (AvgIpc) is 3.14. The van der Waals surface area contributed by atoms with Gasteiger partial charge in [-0.25, -0.2) is 13.4 Å². The first-order valence-corrected chi connectivity index (χ1v) is 10.8. The van der Waals surface area contributed by atoms with E-state index in [1.165, 1.54) is 12.1 Å². The van der Waals surface area contributed by atoms with E-state index < -0.39 is 21.6 Å². The van der Waals surface area contributed by atoms with Crippen LogP contribution in [0.15, 0.2) is 24.3 Å². The molecule has 1 aliphatic heterocycles. The first-order valence-electron chi connectivity index (χ1n) is 8.19. The molecule has 0 spiro atoms. The monoisotopic (exact) mass is 418 g/mol. The summed E-state index contributed by atoms with van der Waals surface area (Å²) in [7, 11) is -3.00. The summed E-state index contributed by atoms with van der Waals surface area (Å²) in [4.78, 5) is 17.0. The van der Waals surface area contributed by atoms with Crippen molar-refractivity contribution in [2.75, 3.05) is 18.1 Å². The minimum Gasteiger partial charge on any atom is -0.351 e. The maximum absolute atomic E-state index is 12.7. The smallest absolute Gasteiger partial charge is 0.351 e. The van der Waals surface area contributed by atoms with Crippen LogP contribution in [-0.4, -0.2) is 37.4 Å². The molecule has 1 fully saturated rings. The van der Waals surface area contributed by atoms with E-state index in [9.17, 15) is 26.4 Å². The Hall–Kier alpha value is -1.94. The van der Waals surface area contributed by atoms with Gasteiger partial charge in [0, 0.05) is 12.1 Å². The van der Waals surface area contributed by atoms with Crippen molar-refractivity contribution in [2.45, 2.75) is 19.5 Å². The Morgan fingerprint density at radius 2 is 1.96 bits per heavy atom. The van der Waals surface area contributed by atoms with Gasteiger partial charge in [-0.2, -0.15) is 13.2 Å². The molecule has 0 bridgehead atoms. The van der Waals surface area contributed by atoms with Gasteiger partial charge in [0.25, 0.3) is 5.91 Å². The summed E-state index contributed by atoms with van der Waals surface area (Å²) in [6, 6.07) is 4.61. The van der Waals surface area contributed by atoms with Gasteiger partial charge < -0.3 is 5.32 Å². The third-order valence-corrected chi connectivity index (χ3v) is 7.38. The maximum Gasteiger partial charge on any atom is 0.416 e. The minimum absolute atomic E-state index is 0.0752. The number of carbonyl (C=O) groups excluding carboxylic acids is 1. The molecule has 1 N–H and O–H groups in total. The highest BCUT2D eigenvalue weighted by molar-refractivity contribution is 7.91. The molecule has 1 amide bonds. The zero-order chi connectivity index (χ0) is 19.8. The van der Waals surface area contributed by atoms with Gasteiger partial charge in [0.05, 0.1) is 22.8 Å². The summed E-state index contributed by atoms with van der Waals surface area (Å²) in [5.74, 6) is -0.231. The summed E-state index contributed by atoms with van der Waals surface area (Å²) in [6.07, 6.45) is -3.88. The molecular formula is C17H17F3N2O3S2. The van der Waals surface area contributed by atoms with E-state index in [-0.39, 0.29) is 29.9 Å². The molecule has 5 nitrogen and oxygen atoms in total. The van der Waals surface area contributed by atoms with Gasteiger partial charge in [-0.05, 0) is 31.4 Å². The van der Waals surface area contributed by atoms with E-state index in [0.717, 1.165) is 23.5 Å². The van der Waals surface area contributed by atoms with Crippen molar-refractivity contribution in [1.82, 2.24) is 10.3 Å². The first-order chi connectivity index (χ1) is 12.5. The van der Waals surface area contributed by atoms with E-state index >= 15 is 0 Å². The number of hydrogen-bond acceptors (Lipinski definition) is 5. The van der Waals surface area contributed by atoms with Crippen molar-refractivity contribution >= 4 is 27.1 Å².